The molecule has 0 unspecified atom stereocenters. The van der Waals surface area contributed by atoms with Gasteiger partial charge in [-0.05, 0) is 39.7 Å². The molecule has 0 saturated carbocycles. The summed E-state index contributed by atoms with van der Waals surface area (Å²) in [6, 6.07) is 16.4. The molecule has 0 radical (unpaired) electrons. The van der Waals surface area contributed by atoms with Crippen LogP contribution >= 0.6 is 15.9 Å². The largest absolute Gasteiger partial charge is 0.444 e. The maximum absolute atomic E-state index is 11.7. The highest BCUT2D eigenvalue weighted by Gasteiger charge is 2.07. The van der Waals surface area contributed by atoms with E-state index in [4.69, 9.17) is 10.00 Å². The summed E-state index contributed by atoms with van der Waals surface area (Å²) in [6.45, 7) is 0.197. The first-order valence-electron chi connectivity index (χ1n) is 5.86. The smallest absolute Gasteiger partial charge is 0.411 e. The van der Waals surface area contributed by atoms with Gasteiger partial charge in [-0.15, -0.1) is 0 Å². The molecule has 0 fully saturated rings. The summed E-state index contributed by atoms with van der Waals surface area (Å²) in [6.07, 6.45) is -0.565. The number of nitrogens with one attached hydrogen (secondary N) is 1. The van der Waals surface area contributed by atoms with Crippen molar-refractivity contribution in [3.05, 3.63) is 64.1 Å². The number of ether oxygens (including phenoxy) is 1. The zero-order valence-corrected chi connectivity index (χ0v) is 12.1. The SMILES string of the molecule is N#Cc1ccc(Br)c(NC(=O)OCc2ccccc2)c1. The summed E-state index contributed by atoms with van der Waals surface area (Å²) in [5.74, 6) is 0. The lowest BCUT2D eigenvalue weighted by Crippen LogP contribution is -2.14. The summed E-state index contributed by atoms with van der Waals surface area (Å²) < 4.78 is 5.79. The molecule has 0 aliphatic carbocycles. The van der Waals surface area contributed by atoms with Gasteiger partial charge < -0.3 is 4.74 Å². The second-order valence-corrected chi connectivity index (χ2v) is 4.85. The van der Waals surface area contributed by atoms with E-state index in [2.05, 4.69) is 21.2 Å². The second kappa shape index (κ2) is 6.73. The Labute approximate surface area is 125 Å². The lowest BCUT2D eigenvalue weighted by atomic mass is 10.2. The Morgan fingerprint density at radius 3 is 2.70 bits per heavy atom. The van der Waals surface area contributed by atoms with Gasteiger partial charge in [0.2, 0.25) is 0 Å². The first kappa shape index (κ1) is 14.1. The molecule has 100 valence electrons. The Morgan fingerprint density at radius 1 is 1.25 bits per heavy atom. The molecule has 4 nitrogen and oxygen atoms in total. The number of carbonyl (C=O) groups is 1. The van der Waals surface area contributed by atoms with Gasteiger partial charge in [0.15, 0.2) is 0 Å². The van der Waals surface area contributed by atoms with E-state index in [1.165, 1.54) is 0 Å². The minimum Gasteiger partial charge on any atom is -0.444 e. The lowest BCUT2D eigenvalue weighted by Gasteiger charge is -2.08. The molecule has 0 aliphatic rings. The zero-order chi connectivity index (χ0) is 14.4. The molecule has 0 saturated heterocycles. The highest BCUT2D eigenvalue weighted by atomic mass is 79.9. The fourth-order valence-corrected chi connectivity index (χ4v) is 1.91. The van der Waals surface area contributed by atoms with Crippen molar-refractivity contribution < 1.29 is 9.53 Å². The molecule has 0 spiro atoms. The summed E-state index contributed by atoms with van der Waals surface area (Å²) in [5, 5.41) is 11.4. The van der Waals surface area contributed by atoms with Crippen LogP contribution in [0.4, 0.5) is 10.5 Å². The number of nitriles is 1. The number of carbonyl (C=O) groups excluding carboxylic acids is 1. The Bertz CT molecular complexity index is 651. The third-order valence-corrected chi connectivity index (χ3v) is 3.24. The molecule has 1 N–H and O–H groups in total. The van der Waals surface area contributed by atoms with Crippen LogP contribution in [0.2, 0.25) is 0 Å². The van der Waals surface area contributed by atoms with Crippen molar-refractivity contribution in [1.82, 2.24) is 0 Å². The molecule has 2 aromatic rings. The first-order valence-corrected chi connectivity index (χ1v) is 6.65. The van der Waals surface area contributed by atoms with E-state index in [1.807, 2.05) is 36.4 Å². The Kier molecular flexibility index (Phi) is 4.75. The van der Waals surface area contributed by atoms with Gasteiger partial charge in [0, 0.05) is 4.47 Å². The van der Waals surface area contributed by atoms with E-state index in [1.54, 1.807) is 18.2 Å². The molecule has 2 rings (SSSR count). The monoisotopic (exact) mass is 330 g/mol. The van der Waals surface area contributed by atoms with Crippen molar-refractivity contribution in [1.29, 1.82) is 5.26 Å². The van der Waals surface area contributed by atoms with E-state index in [9.17, 15) is 4.79 Å². The Balaban J connectivity index is 1.97. The normalized spacial score (nSPS) is 9.60. The maximum atomic E-state index is 11.7. The third-order valence-electron chi connectivity index (χ3n) is 2.54. The summed E-state index contributed by atoms with van der Waals surface area (Å²) in [4.78, 5) is 11.7. The van der Waals surface area contributed by atoms with Gasteiger partial charge in [-0.1, -0.05) is 30.3 Å². The predicted molar refractivity (Wildman–Crippen MR) is 79.1 cm³/mol. The predicted octanol–water partition coefficient (Wildman–Crippen LogP) is 4.07. The van der Waals surface area contributed by atoms with Gasteiger partial charge in [0.05, 0.1) is 17.3 Å². The topological polar surface area (TPSA) is 62.1 Å². The van der Waals surface area contributed by atoms with Gasteiger partial charge >= 0.3 is 6.09 Å². The van der Waals surface area contributed by atoms with Crippen molar-refractivity contribution in [2.75, 3.05) is 5.32 Å². The van der Waals surface area contributed by atoms with E-state index in [0.717, 1.165) is 5.56 Å². The molecular formula is C15H11BrN2O2. The quantitative estimate of drug-likeness (QED) is 0.922. The Morgan fingerprint density at radius 2 is 2.00 bits per heavy atom. The summed E-state index contributed by atoms with van der Waals surface area (Å²) in [7, 11) is 0. The highest BCUT2D eigenvalue weighted by Crippen LogP contribution is 2.23. The number of benzene rings is 2. The van der Waals surface area contributed by atoms with Crippen LogP contribution in [0.15, 0.2) is 53.0 Å². The van der Waals surface area contributed by atoms with E-state index in [-0.39, 0.29) is 6.61 Å². The molecule has 0 aromatic heterocycles. The van der Waals surface area contributed by atoms with E-state index in [0.29, 0.717) is 15.7 Å². The van der Waals surface area contributed by atoms with Crippen molar-refractivity contribution in [3.63, 3.8) is 0 Å². The zero-order valence-electron chi connectivity index (χ0n) is 10.5. The number of rotatable bonds is 3. The number of anilines is 1. The van der Waals surface area contributed by atoms with Gasteiger partial charge in [0.1, 0.15) is 6.61 Å². The highest BCUT2D eigenvalue weighted by molar-refractivity contribution is 9.10. The number of hydrogen-bond donors (Lipinski definition) is 1. The first-order chi connectivity index (χ1) is 9.69. The molecule has 0 atom stereocenters. The average molecular weight is 331 g/mol. The molecule has 0 aliphatic heterocycles. The third kappa shape index (κ3) is 3.84. The minimum absolute atomic E-state index is 0.197. The fourth-order valence-electron chi connectivity index (χ4n) is 1.56. The van der Waals surface area contributed by atoms with Crippen LogP contribution in [0.5, 0.6) is 0 Å². The maximum Gasteiger partial charge on any atom is 0.411 e. The van der Waals surface area contributed by atoms with E-state index < -0.39 is 6.09 Å². The van der Waals surface area contributed by atoms with E-state index >= 15 is 0 Å². The standard InChI is InChI=1S/C15H11BrN2O2/c16-13-7-6-12(9-17)8-14(13)18-15(19)20-10-11-4-2-1-3-5-11/h1-8H,10H2,(H,18,19). The van der Waals surface area contributed by atoms with Gasteiger partial charge in [-0.3, -0.25) is 5.32 Å². The summed E-state index contributed by atoms with van der Waals surface area (Å²) in [5.41, 5.74) is 1.88. The van der Waals surface area contributed by atoms with Crippen LogP contribution in [-0.4, -0.2) is 6.09 Å². The molecule has 1 amide bonds. The van der Waals surface area contributed by atoms with Crippen LogP contribution in [0.1, 0.15) is 11.1 Å². The van der Waals surface area contributed by atoms with Crippen LogP contribution < -0.4 is 5.32 Å². The minimum atomic E-state index is -0.565. The molecule has 0 bridgehead atoms. The molecule has 0 heterocycles. The molecule has 20 heavy (non-hydrogen) atoms. The van der Waals surface area contributed by atoms with Gasteiger partial charge in [-0.25, -0.2) is 4.79 Å². The lowest BCUT2D eigenvalue weighted by molar-refractivity contribution is 0.155. The van der Waals surface area contributed by atoms with Crippen LogP contribution in [0.3, 0.4) is 0 Å². The van der Waals surface area contributed by atoms with Gasteiger partial charge in [-0.2, -0.15) is 5.26 Å². The second-order valence-electron chi connectivity index (χ2n) is 3.99. The van der Waals surface area contributed by atoms with Crippen molar-refractivity contribution in [2.45, 2.75) is 6.61 Å². The van der Waals surface area contributed by atoms with Crippen LogP contribution in [0, 0.1) is 11.3 Å². The van der Waals surface area contributed by atoms with Crippen LogP contribution in [0.25, 0.3) is 0 Å². The number of nitrogens with zero attached hydrogens (tertiary/aromatic N) is 1. The number of amides is 1. The average Bonchev–Trinajstić information content (AvgIpc) is 2.48. The molecule has 2 aromatic carbocycles. The van der Waals surface area contributed by atoms with Crippen molar-refractivity contribution in [3.8, 4) is 6.07 Å². The summed E-state index contributed by atoms with van der Waals surface area (Å²) >= 11 is 3.30. The number of hydrogen-bond acceptors (Lipinski definition) is 3. The fraction of sp³-hybridized carbons (Fsp3) is 0.0667. The van der Waals surface area contributed by atoms with Crippen LogP contribution in [-0.2, 0) is 11.3 Å². The van der Waals surface area contributed by atoms with Gasteiger partial charge in [0.25, 0.3) is 0 Å². The molecular weight excluding hydrogens is 320 g/mol. The molecule has 5 heteroatoms. The Hall–Kier alpha value is -2.32. The van der Waals surface area contributed by atoms with Crippen molar-refractivity contribution in [2.24, 2.45) is 0 Å². The van der Waals surface area contributed by atoms with Crippen molar-refractivity contribution >= 4 is 27.7 Å². The number of halogens is 1.